The number of halogens is 2. The van der Waals surface area contributed by atoms with E-state index >= 15 is 0 Å². The molecular formula is C15H19Br2NO2. The van der Waals surface area contributed by atoms with Gasteiger partial charge in [0.1, 0.15) is 5.75 Å². The molecule has 1 aliphatic carbocycles. The number of methoxy groups -OCH3 is 1. The number of hydrogen-bond donors (Lipinski definition) is 1. The van der Waals surface area contributed by atoms with Crippen molar-refractivity contribution in [1.29, 1.82) is 0 Å². The fourth-order valence-electron chi connectivity index (χ4n) is 2.64. The van der Waals surface area contributed by atoms with Crippen molar-refractivity contribution in [2.45, 2.75) is 37.6 Å². The van der Waals surface area contributed by atoms with Crippen molar-refractivity contribution in [2.75, 3.05) is 12.4 Å². The van der Waals surface area contributed by atoms with Crippen LogP contribution in [0.4, 0.5) is 0 Å². The van der Waals surface area contributed by atoms with E-state index in [2.05, 4.69) is 37.2 Å². The van der Waals surface area contributed by atoms with Crippen molar-refractivity contribution in [3.8, 4) is 5.75 Å². The minimum atomic E-state index is -0.0955. The van der Waals surface area contributed by atoms with Gasteiger partial charge in [-0.15, -0.1) is 0 Å². The SMILES string of the molecule is COc1ccc(C(=O)NC2(CBr)CCCCC2)cc1Br. The number of rotatable bonds is 4. The van der Waals surface area contributed by atoms with Crippen molar-refractivity contribution in [1.82, 2.24) is 5.32 Å². The van der Waals surface area contributed by atoms with Gasteiger partial charge in [0, 0.05) is 10.9 Å². The van der Waals surface area contributed by atoms with E-state index < -0.39 is 0 Å². The first-order valence-electron chi connectivity index (χ1n) is 6.82. The first kappa shape index (κ1) is 15.8. The number of alkyl halides is 1. The summed E-state index contributed by atoms with van der Waals surface area (Å²) in [5.74, 6) is 0.712. The molecule has 1 aliphatic rings. The normalized spacial score (nSPS) is 17.6. The molecule has 0 aliphatic heterocycles. The quantitative estimate of drug-likeness (QED) is 0.760. The Hall–Kier alpha value is -0.550. The fourth-order valence-corrected chi connectivity index (χ4v) is 3.88. The molecule has 1 saturated carbocycles. The molecule has 1 N–H and O–H groups in total. The summed E-state index contributed by atoms with van der Waals surface area (Å²) in [5.41, 5.74) is 0.561. The van der Waals surface area contributed by atoms with Crippen LogP contribution in [-0.2, 0) is 0 Å². The van der Waals surface area contributed by atoms with Crippen LogP contribution in [0.3, 0.4) is 0 Å². The molecule has 0 heterocycles. The van der Waals surface area contributed by atoms with Gasteiger partial charge in [-0.1, -0.05) is 35.2 Å². The summed E-state index contributed by atoms with van der Waals surface area (Å²) < 4.78 is 5.98. The molecule has 0 atom stereocenters. The molecular weight excluding hydrogens is 386 g/mol. The first-order chi connectivity index (χ1) is 9.60. The number of hydrogen-bond acceptors (Lipinski definition) is 2. The molecule has 2 rings (SSSR count). The van der Waals surface area contributed by atoms with Gasteiger partial charge in [-0.05, 0) is 47.0 Å². The highest BCUT2D eigenvalue weighted by molar-refractivity contribution is 9.10. The number of carbonyl (C=O) groups excluding carboxylic acids is 1. The van der Waals surface area contributed by atoms with Gasteiger partial charge in [-0.2, -0.15) is 0 Å². The topological polar surface area (TPSA) is 38.3 Å². The Morgan fingerprint density at radius 2 is 2.05 bits per heavy atom. The predicted molar refractivity (Wildman–Crippen MR) is 87.8 cm³/mol. The maximum atomic E-state index is 12.4. The molecule has 0 unspecified atom stereocenters. The summed E-state index contributed by atoms with van der Waals surface area (Å²) >= 11 is 6.98. The number of amides is 1. The molecule has 1 aromatic carbocycles. The Morgan fingerprint density at radius 3 is 2.60 bits per heavy atom. The summed E-state index contributed by atoms with van der Waals surface area (Å²) in [6.45, 7) is 0. The maximum absolute atomic E-state index is 12.4. The number of carbonyl (C=O) groups is 1. The molecule has 0 saturated heterocycles. The largest absolute Gasteiger partial charge is 0.496 e. The van der Waals surface area contributed by atoms with Crippen LogP contribution in [0.2, 0.25) is 0 Å². The van der Waals surface area contributed by atoms with E-state index in [4.69, 9.17) is 4.74 Å². The van der Waals surface area contributed by atoms with E-state index in [1.165, 1.54) is 19.3 Å². The molecule has 0 bridgehead atoms. The molecule has 0 radical (unpaired) electrons. The van der Waals surface area contributed by atoms with E-state index in [1.54, 1.807) is 25.3 Å². The van der Waals surface area contributed by atoms with Gasteiger partial charge >= 0.3 is 0 Å². The smallest absolute Gasteiger partial charge is 0.251 e. The maximum Gasteiger partial charge on any atom is 0.251 e. The van der Waals surface area contributed by atoms with Gasteiger partial charge in [0.2, 0.25) is 0 Å². The molecule has 0 aromatic heterocycles. The molecule has 1 fully saturated rings. The number of nitrogens with one attached hydrogen (secondary N) is 1. The Labute approximate surface area is 136 Å². The van der Waals surface area contributed by atoms with Crippen LogP contribution in [0.1, 0.15) is 42.5 Å². The molecule has 5 heteroatoms. The average Bonchev–Trinajstić information content (AvgIpc) is 2.48. The second kappa shape index (κ2) is 6.94. The lowest BCUT2D eigenvalue weighted by Gasteiger charge is -2.36. The van der Waals surface area contributed by atoms with Crippen LogP contribution in [0, 0.1) is 0 Å². The van der Waals surface area contributed by atoms with E-state index in [0.717, 1.165) is 28.4 Å². The van der Waals surface area contributed by atoms with E-state index in [0.29, 0.717) is 5.56 Å². The third kappa shape index (κ3) is 3.55. The Bertz CT molecular complexity index is 485. The molecule has 20 heavy (non-hydrogen) atoms. The lowest BCUT2D eigenvalue weighted by molar-refractivity contribution is 0.0886. The Morgan fingerprint density at radius 1 is 1.35 bits per heavy atom. The molecule has 1 amide bonds. The van der Waals surface area contributed by atoms with E-state index in [9.17, 15) is 4.79 Å². The second-order valence-electron chi connectivity index (χ2n) is 5.28. The van der Waals surface area contributed by atoms with Crippen LogP contribution < -0.4 is 10.1 Å². The van der Waals surface area contributed by atoms with Crippen LogP contribution >= 0.6 is 31.9 Å². The van der Waals surface area contributed by atoms with Crippen molar-refractivity contribution >= 4 is 37.8 Å². The third-order valence-corrected chi connectivity index (χ3v) is 5.55. The van der Waals surface area contributed by atoms with Gasteiger partial charge in [0.05, 0.1) is 17.1 Å². The summed E-state index contributed by atoms with van der Waals surface area (Å²) in [6.07, 6.45) is 5.71. The molecule has 0 spiro atoms. The molecule has 1 aromatic rings. The fraction of sp³-hybridized carbons (Fsp3) is 0.533. The zero-order valence-electron chi connectivity index (χ0n) is 11.5. The highest BCUT2D eigenvalue weighted by Crippen LogP contribution is 2.31. The number of benzene rings is 1. The zero-order chi connectivity index (χ0) is 14.6. The molecule has 3 nitrogen and oxygen atoms in total. The van der Waals surface area contributed by atoms with Gasteiger partial charge < -0.3 is 10.1 Å². The van der Waals surface area contributed by atoms with E-state index in [-0.39, 0.29) is 11.4 Å². The minimum Gasteiger partial charge on any atom is -0.496 e. The summed E-state index contributed by atoms with van der Waals surface area (Å²) in [7, 11) is 1.61. The molecule has 110 valence electrons. The summed E-state index contributed by atoms with van der Waals surface area (Å²) in [6, 6.07) is 5.41. The summed E-state index contributed by atoms with van der Waals surface area (Å²) in [4.78, 5) is 12.4. The van der Waals surface area contributed by atoms with Crippen LogP contribution in [0.15, 0.2) is 22.7 Å². The minimum absolute atomic E-state index is 0.0188. The first-order valence-corrected chi connectivity index (χ1v) is 8.74. The lowest BCUT2D eigenvalue weighted by Crippen LogP contribution is -2.51. The van der Waals surface area contributed by atoms with Gasteiger partial charge in [-0.25, -0.2) is 0 Å². The van der Waals surface area contributed by atoms with Crippen molar-refractivity contribution in [2.24, 2.45) is 0 Å². The highest BCUT2D eigenvalue weighted by atomic mass is 79.9. The van der Waals surface area contributed by atoms with Crippen LogP contribution in [0.25, 0.3) is 0 Å². The summed E-state index contributed by atoms with van der Waals surface area (Å²) in [5, 5.41) is 4.02. The third-order valence-electron chi connectivity index (χ3n) is 3.86. The Balaban J connectivity index is 2.12. The standard InChI is InChI=1S/C15H19Br2NO2/c1-20-13-6-5-11(9-12(13)17)14(19)18-15(10-16)7-3-2-4-8-15/h5-6,9H,2-4,7-8,10H2,1H3,(H,18,19). The zero-order valence-corrected chi connectivity index (χ0v) is 14.7. The van der Waals surface area contributed by atoms with Crippen molar-refractivity contribution < 1.29 is 9.53 Å². The van der Waals surface area contributed by atoms with Gasteiger partial charge in [-0.3, -0.25) is 4.79 Å². The van der Waals surface area contributed by atoms with Gasteiger partial charge in [0.15, 0.2) is 0 Å². The second-order valence-corrected chi connectivity index (χ2v) is 6.69. The lowest BCUT2D eigenvalue weighted by atomic mass is 9.83. The van der Waals surface area contributed by atoms with Gasteiger partial charge in [0.25, 0.3) is 5.91 Å². The van der Waals surface area contributed by atoms with E-state index in [1.807, 2.05) is 0 Å². The van der Waals surface area contributed by atoms with Crippen molar-refractivity contribution in [3.05, 3.63) is 28.2 Å². The number of ether oxygens (including phenoxy) is 1. The monoisotopic (exact) mass is 403 g/mol. The average molecular weight is 405 g/mol. The predicted octanol–water partition coefficient (Wildman–Crippen LogP) is 4.29. The van der Waals surface area contributed by atoms with Crippen LogP contribution in [-0.4, -0.2) is 23.9 Å². The highest BCUT2D eigenvalue weighted by Gasteiger charge is 2.32. The Kier molecular flexibility index (Phi) is 5.49. The van der Waals surface area contributed by atoms with Crippen molar-refractivity contribution in [3.63, 3.8) is 0 Å². The van der Waals surface area contributed by atoms with Crippen LogP contribution in [0.5, 0.6) is 5.75 Å².